The Hall–Kier alpha value is -0.680. The van der Waals surface area contributed by atoms with Crippen molar-refractivity contribution in [2.75, 3.05) is 12.8 Å². The summed E-state index contributed by atoms with van der Waals surface area (Å²) in [5, 5.41) is 7.67. The van der Waals surface area contributed by atoms with E-state index in [1.54, 1.807) is 6.26 Å². The standard InChI is InChI=1S/C10H19N3OS/c1-4-13-10(5-6-12-13)8-11-7-9(2)15(3)14/h5-6,9,11H,4,7-8H2,1-3H3. The first-order valence-electron chi connectivity index (χ1n) is 5.18. The minimum absolute atomic E-state index is 0.197. The van der Waals surface area contributed by atoms with Gasteiger partial charge in [0.05, 0.1) is 5.69 Å². The van der Waals surface area contributed by atoms with Crippen LogP contribution >= 0.6 is 0 Å². The molecule has 86 valence electrons. The fourth-order valence-electron chi connectivity index (χ4n) is 1.32. The molecule has 5 heteroatoms. The zero-order valence-electron chi connectivity index (χ0n) is 9.56. The van der Waals surface area contributed by atoms with Crippen LogP contribution in [0.4, 0.5) is 0 Å². The lowest BCUT2D eigenvalue weighted by molar-refractivity contribution is 0.578. The van der Waals surface area contributed by atoms with Crippen LogP contribution in [-0.4, -0.2) is 32.0 Å². The van der Waals surface area contributed by atoms with Crippen LogP contribution in [0, 0.1) is 0 Å². The summed E-state index contributed by atoms with van der Waals surface area (Å²) in [7, 11) is -0.751. The molecule has 0 aliphatic rings. The van der Waals surface area contributed by atoms with Crippen molar-refractivity contribution >= 4 is 10.8 Å². The molecule has 2 atom stereocenters. The van der Waals surface area contributed by atoms with Gasteiger partial charge in [0.15, 0.2) is 0 Å². The van der Waals surface area contributed by atoms with E-state index in [1.165, 1.54) is 5.69 Å². The molecule has 0 saturated heterocycles. The molecule has 1 aromatic heterocycles. The summed E-state index contributed by atoms with van der Waals surface area (Å²) in [6, 6.07) is 2.00. The van der Waals surface area contributed by atoms with Crippen LogP contribution in [0.5, 0.6) is 0 Å². The Morgan fingerprint density at radius 2 is 2.40 bits per heavy atom. The molecule has 0 aliphatic heterocycles. The number of aryl methyl sites for hydroxylation is 1. The molecule has 1 N–H and O–H groups in total. The van der Waals surface area contributed by atoms with Gasteiger partial charge in [-0.2, -0.15) is 5.10 Å². The molecule has 0 aliphatic carbocycles. The van der Waals surface area contributed by atoms with Gasteiger partial charge >= 0.3 is 0 Å². The van der Waals surface area contributed by atoms with Crippen LogP contribution in [0.1, 0.15) is 19.5 Å². The van der Waals surface area contributed by atoms with Gasteiger partial charge in [-0.15, -0.1) is 0 Å². The Morgan fingerprint density at radius 1 is 1.67 bits per heavy atom. The van der Waals surface area contributed by atoms with Crippen molar-refractivity contribution in [3.8, 4) is 0 Å². The number of nitrogens with one attached hydrogen (secondary N) is 1. The molecule has 1 rings (SSSR count). The number of aromatic nitrogens is 2. The van der Waals surface area contributed by atoms with E-state index in [2.05, 4.69) is 17.3 Å². The maximum Gasteiger partial charge on any atom is 0.0521 e. The first-order chi connectivity index (χ1) is 7.15. The molecule has 1 heterocycles. The van der Waals surface area contributed by atoms with Gasteiger partial charge in [0, 0.05) is 48.1 Å². The Kier molecular flexibility index (Phi) is 4.98. The molecule has 4 nitrogen and oxygen atoms in total. The zero-order valence-corrected chi connectivity index (χ0v) is 10.4. The molecule has 0 fully saturated rings. The summed E-state index contributed by atoms with van der Waals surface area (Å²) in [6.45, 7) is 6.51. The second-order valence-corrected chi connectivity index (χ2v) is 5.38. The molecule has 0 bridgehead atoms. The van der Waals surface area contributed by atoms with E-state index in [1.807, 2.05) is 23.9 Å². The van der Waals surface area contributed by atoms with E-state index in [0.717, 1.165) is 19.6 Å². The molecule has 0 radical (unpaired) electrons. The second kappa shape index (κ2) is 6.02. The van der Waals surface area contributed by atoms with Crippen molar-refractivity contribution in [2.24, 2.45) is 0 Å². The van der Waals surface area contributed by atoms with Crippen molar-refractivity contribution in [3.05, 3.63) is 18.0 Å². The number of hydrogen-bond acceptors (Lipinski definition) is 3. The lowest BCUT2D eigenvalue weighted by Gasteiger charge is -2.10. The number of rotatable bonds is 6. The maximum atomic E-state index is 11.1. The van der Waals surface area contributed by atoms with Gasteiger partial charge in [-0.05, 0) is 19.9 Å². The highest BCUT2D eigenvalue weighted by Crippen LogP contribution is 1.98. The Balaban J connectivity index is 2.34. The fraction of sp³-hybridized carbons (Fsp3) is 0.700. The average molecular weight is 229 g/mol. The normalized spacial score (nSPS) is 15.1. The monoisotopic (exact) mass is 229 g/mol. The van der Waals surface area contributed by atoms with Crippen molar-refractivity contribution < 1.29 is 4.21 Å². The van der Waals surface area contributed by atoms with Gasteiger partial charge in [0.2, 0.25) is 0 Å². The topological polar surface area (TPSA) is 46.9 Å². The Morgan fingerprint density at radius 3 is 3.00 bits per heavy atom. The largest absolute Gasteiger partial charge is 0.310 e. The van der Waals surface area contributed by atoms with E-state index in [0.29, 0.717) is 0 Å². The third-order valence-corrected chi connectivity index (χ3v) is 3.71. The van der Waals surface area contributed by atoms with Gasteiger partial charge in [-0.1, -0.05) is 0 Å². The highest BCUT2D eigenvalue weighted by molar-refractivity contribution is 7.84. The molecular weight excluding hydrogens is 210 g/mol. The summed E-state index contributed by atoms with van der Waals surface area (Å²) in [4.78, 5) is 0. The molecular formula is C10H19N3OS. The van der Waals surface area contributed by atoms with Gasteiger partial charge in [-0.3, -0.25) is 8.89 Å². The molecule has 0 spiro atoms. The predicted molar refractivity (Wildman–Crippen MR) is 63.1 cm³/mol. The first-order valence-corrected chi connectivity index (χ1v) is 6.81. The third kappa shape index (κ3) is 3.76. The number of nitrogens with zero attached hydrogens (tertiary/aromatic N) is 2. The van der Waals surface area contributed by atoms with E-state index < -0.39 is 10.8 Å². The minimum atomic E-state index is -0.751. The van der Waals surface area contributed by atoms with Crippen molar-refractivity contribution in [3.63, 3.8) is 0 Å². The third-order valence-electron chi connectivity index (χ3n) is 2.41. The highest BCUT2D eigenvalue weighted by atomic mass is 32.2. The lowest BCUT2D eigenvalue weighted by atomic mass is 10.4. The zero-order chi connectivity index (χ0) is 11.3. The maximum absolute atomic E-state index is 11.1. The smallest absolute Gasteiger partial charge is 0.0521 e. The SMILES string of the molecule is CCn1nccc1CNCC(C)S(C)=O. The Labute approximate surface area is 93.5 Å². The van der Waals surface area contributed by atoms with Crippen molar-refractivity contribution in [1.82, 2.24) is 15.1 Å². The number of hydrogen-bond donors (Lipinski definition) is 1. The fourth-order valence-corrected chi connectivity index (χ4v) is 1.67. The van der Waals surface area contributed by atoms with E-state index in [9.17, 15) is 4.21 Å². The van der Waals surface area contributed by atoms with Crippen molar-refractivity contribution in [1.29, 1.82) is 0 Å². The van der Waals surface area contributed by atoms with Crippen LogP contribution in [0.3, 0.4) is 0 Å². The van der Waals surface area contributed by atoms with E-state index in [-0.39, 0.29) is 5.25 Å². The summed E-state index contributed by atoms with van der Waals surface area (Å²) in [6.07, 6.45) is 3.55. The quantitative estimate of drug-likeness (QED) is 0.783. The minimum Gasteiger partial charge on any atom is -0.310 e. The molecule has 2 unspecified atom stereocenters. The molecule has 1 aromatic rings. The summed E-state index contributed by atoms with van der Waals surface area (Å²) in [5.41, 5.74) is 1.17. The summed E-state index contributed by atoms with van der Waals surface area (Å²) in [5.74, 6) is 0. The van der Waals surface area contributed by atoms with Crippen LogP contribution in [0.2, 0.25) is 0 Å². The van der Waals surface area contributed by atoms with E-state index in [4.69, 9.17) is 0 Å². The van der Waals surface area contributed by atoms with Crippen LogP contribution in [0.15, 0.2) is 12.3 Å². The Bertz CT molecular complexity index is 324. The average Bonchev–Trinajstić information content (AvgIpc) is 2.65. The van der Waals surface area contributed by atoms with E-state index >= 15 is 0 Å². The lowest BCUT2D eigenvalue weighted by Crippen LogP contribution is -2.28. The molecule has 0 amide bonds. The highest BCUT2D eigenvalue weighted by Gasteiger charge is 2.06. The molecule has 0 saturated carbocycles. The van der Waals surface area contributed by atoms with Crippen LogP contribution < -0.4 is 5.32 Å². The van der Waals surface area contributed by atoms with Gasteiger partial charge < -0.3 is 5.32 Å². The summed E-state index contributed by atoms with van der Waals surface area (Å²) >= 11 is 0. The van der Waals surface area contributed by atoms with Gasteiger partial charge in [-0.25, -0.2) is 0 Å². The predicted octanol–water partition coefficient (Wildman–Crippen LogP) is 0.760. The van der Waals surface area contributed by atoms with Crippen LogP contribution in [-0.2, 0) is 23.9 Å². The second-order valence-electron chi connectivity index (χ2n) is 3.58. The first kappa shape index (κ1) is 12.4. The van der Waals surface area contributed by atoms with Crippen LogP contribution in [0.25, 0.3) is 0 Å². The van der Waals surface area contributed by atoms with Gasteiger partial charge in [0.1, 0.15) is 0 Å². The van der Waals surface area contributed by atoms with Gasteiger partial charge in [0.25, 0.3) is 0 Å². The summed E-state index contributed by atoms with van der Waals surface area (Å²) < 4.78 is 13.1. The van der Waals surface area contributed by atoms with Crippen molar-refractivity contribution in [2.45, 2.75) is 32.2 Å². The molecule has 15 heavy (non-hydrogen) atoms. The molecule has 0 aromatic carbocycles.